The summed E-state index contributed by atoms with van der Waals surface area (Å²) in [5, 5.41) is 12.8. The Bertz CT molecular complexity index is 422. The van der Waals surface area contributed by atoms with Crippen molar-refractivity contribution in [2.75, 3.05) is 17.6 Å². The predicted molar refractivity (Wildman–Crippen MR) is 54.5 cm³/mol. The molecule has 1 aromatic heterocycles. The van der Waals surface area contributed by atoms with Crippen molar-refractivity contribution in [2.24, 2.45) is 0 Å². The van der Waals surface area contributed by atoms with Gasteiger partial charge in [-0.15, -0.1) is 0 Å². The lowest BCUT2D eigenvalue weighted by atomic mass is 10.3. The molecule has 0 saturated carbocycles. The number of nitrogens with zero attached hydrogens (tertiary/aromatic N) is 2. The molecule has 3 N–H and O–H groups in total. The van der Waals surface area contributed by atoms with Gasteiger partial charge in [-0.25, -0.2) is 4.98 Å². The van der Waals surface area contributed by atoms with Crippen LogP contribution in [0.3, 0.4) is 0 Å². The fourth-order valence-electron chi connectivity index (χ4n) is 1.07. The summed E-state index contributed by atoms with van der Waals surface area (Å²) in [7, 11) is 0. The maximum atomic E-state index is 11.9. The fourth-order valence-corrected chi connectivity index (χ4v) is 1.07. The van der Waals surface area contributed by atoms with E-state index in [9.17, 15) is 23.3 Å². The van der Waals surface area contributed by atoms with E-state index in [0.29, 0.717) is 0 Å². The normalized spacial score (nSPS) is 11.2. The van der Waals surface area contributed by atoms with Crippen molar-refractivity contribution < 1.29 is 18.1 Å². The van der Waals surface area contributed by atoms with E-state index in [4.69, 9.17) is 5.73 Å². The number of nitro groups is 1. The van der Waals surface area contributed by atoms with Gasteiger partial charge in [-0.3, -0.25) is 10.1 Å². The van der Waals surface area contributed by atoms with Gasteiger partial charge in [0.05, 0.1) is 11.3 Å². The summed E-state index contributed by atoms with van der Waals surface area (Å²) in [6.07, 6.45) is -5.44. The van der Waals surface area contributed by atoms with Gasteiger partial charge in [-0.2, -0.15) is 13.2 Å². The van der Waals surface area contributed by atoms with E-state index < -0.39 is 29.8 Å². The van der Waals surface area contributed by atoms with E-state index in [0.717, 1.165) is 6.07 Å². The Hall–Kier alpha value is -2.06. The van der Waals surface area contributed by atoms with E-state index in [1.807, 2.05) is 0 Å². The number of aromatic nitrogens is 1. The minimum Gasteiger partial charge on any atom is -0.384 e. The van der Waals surface area contributed by atoms with Gasteiger partial charge in [0, 0.05) is 12.6 Å². The van der Waals surface area contributed by atoms with Gasteiger partial charge in [0.2, 0.25) is 5.82 Å². The van der Waals surface area contributed by atoms with E-state index in [1.54, 1.807) is 0 Å². The lowest BCUT2D eigenvalue weighted by molar-refractivity contribution is -0.384. The second-order valence-corrected chi connectivity index (χ2v) is 3.15. The first kappa shape index (κ1) is 13.0. The van der Waals surface area contributed by atoms with Crippen LogP contribution in [0.5, 0.6) is 0 Å². The summed E-state index contributed by atoms with van der Waals surface area (Å²) in [5.41, 5.74) is 4.87. The maximum Gasteiger partial charge on any atom is 0.390 e. The Morgan fingerprint density at radius 3 is 2.65 bits per heavy atom. The molecule has 1 aromatic rings. The van der Waals surface area contributed by atoms with Crippen LogP contribution in [0.4, 0.5) is 30.5 Å². The topological polar surface area (TPSA) is 94.1 Å². The SMILES string of the molecule is Nc1ccc([N+](=O)[O-])c(NCCC(F)(F)F)n1. The highest BCUT2D eigenvalue weighted by Gasteiger charge is 2.27. The molecule has 0 aliphatic heterocycles. The van der Waals surface area contributed by atoms with Crippen molar-refractivity contribution in [2.45, 2.75) is 12.6 Å². The molecule has 0 fully saturated rings. The molecule has 9 heteroatoms. The number of hydrogen-bond donors (Lipinski definition) is 2. The zero-order valence-corrected chi connectivity index (χ0v) is 8.49. The number of nitrogens with two attached hydrogens (primary N) is 1. The smallest absolute Gasteiger partial charge is 0.384 e. The Kier molecular flexibility index (Phi) is 3.71. The van der Waals surface area contributed by atoms with E-state index in [-0.39, 0.29) is 11.6 Å². The molecule has 1 rings (SSSR count). The molecule has 0 radical (unpaired) electrons. The molecule has 0 spiro atoms. The molecule has 17 heavy (non-hydrogen) atoms. The van der Waals surface area contributed by atoms with Crippen molar-refractivity contribution >= 4 is 17.3 Å². The highest BCUT2D eigenvalue weighted by molar-refractivity contribution is 5.59. The van der Waals surface area contributed by atoms with Crippen molar-refractivity contribution in [3.63, 3.8) is 0 Å². The molecule has 0 amide bonds. The molecule has 0 aliphatic rings. The second kappa shape index (κ2) is 4.85. The first-order chi connectivity index (χ1) is 7.79. The number of nitrogen functional groups attached to an aromatic ring is 1. The molecule has 6 nitrogen and oxygen atoms in total. The average Bonchev–Trinajstić information content (AvgIpc) is 2.15. The van der Waals surface area contributed by atoms with E-state index in [2.05, 4.69) is 10.3 Å². The van der Waals surface area contributed by atoms with Gasteiger partial charge in [-0.05, 0) is 6.07 Å². The molecule has 0 unspecified atom stereocenters. The zero-order chi connectivity index (χ0) is 13.1. The van der Waals surface area contributed by atoms with Gasteiger partial charge >= 0.3 is 11.9 Å². The van der Waals surface area contributed by atoms with Crippen LogP contribution < -0.4 is 11.1 Å². The first-order valence-electron chi connectivity index (χ1n) is 4.51. The molecular weight excluding hydrogens is 241 g/mol. The summed E-state index contributed by atoms with van der Waals surface area (Å²) in [4.78, 5) is 13.4. The summed E-state index contributed by atoms with van der Waals surface area (Å²) < 4.78 is 35.6. The quantitative estimate of drug-likeness (QED) is 0.629. The van der Waals surface area contributed by atoms with Gasteiger partial charge in [0.15, 0.2) is 0 Å². The largest absolute Gasteiger partial charge is 0.390 e. The second-order valence-electron chi connectivity index (χ2n) is 3.15. The zero-order valence-electron chi connectivity index (χ0n) is 8.49. The lowest BCUT2D eigenvalue weighted by Crippen LogP contribution is -2.16. The van der Waals surface area contributed by atoms with E-state index in [1.165, 1.54) is 6.07 Å². The van der Waals surface area contributed by atoms with Crippen molar-refractivity contribution in [3.05, 3.63) is 22.2 Å². The molecule has 0 aromatic carbocycles. The Labute approximate surface area is 93.8 Å². The number of nitrogens with one attached hydrogen (secondary N) is 1. The van der Waals surface area contributed by atoms with E-state index >= 15 is 0 Å². The van der Waals surface area contributed by atoms with Gasteiger partial charge < -0.3 is 11.1 Å². The van der Waals surface area contributed by atoms with Crippen LogP contribution in [0.15, 0.2) is 12.1 Å². The van der Waals surface area contributed by atoms with Crippen LogP contribution in [0, 0.1) is 10.1 Å². The minimum absolute atomic E-state index is 0.00916. The number of rotatable bonds is 4. The van der Waals surface area contributed by atoms with Gasteiger partial charge in [0.25, 0.3) is 0 Å². The number of alkyl halides is 3. The molecule has 0 aliphatic carbocycles. The van der Waals surface area contributed by atoms with Gasteiger partial charge in [-0.1, -0.05) is 0 Å². The summed E-state index contributed by atoms with van der Waals surface area (Å²) in [5.74, 6) is -0.274. The molecule has 0 atom stereocenters. The number of anilines is 2. The average molecular weight is 250 g/mol. The molecule has 0 bridgehead atoms. The standard InChI is InChI=1S/C8H9F3N4O2/c9-8(10,11)3-4-13-7-5(15(16)17)1-2-6(12)14-7/h1-2H,3-4H2,(H3,12,13,14). The first-order valence-corrected chi connectivity index (χ1v) is 4.51. The third kappa shape index (κ3) is 4.13. The summed E-state index contributed by atoms with van der Waals surface area (Å²) >= 11 is 0. The number of hydrogen-bond acceptors (Lipinski definition) is 5. The van der Waals surface area contributed by atoms with Crippen molar-refractivity contribution in [1.82, 2.24) is 4.98 Å². The Balaban J connectivity index is 2.75. The minimum atomic E-state index is -4.33. The van der Waals surface area contributed by atoms with Crippen molar-refractivity contribution in [1.29, 1.82) is 0 Å². The Morgan fingerprint density at radius 1 is 1.47 bits per heavy atom. The summed E-state index contributed by atoms with van der Waals surface area (Å²) in [6, 6.07) is 2.28. The highest BCUT2D eigenvalue weighted by Crippen LogP contribution is 2.24. The van der Waals surface area contributed by atoms with Crippen LogP contribution >= 0.6 is 0 Å². The predicted octanol–water partition coefficient (Wildman–Crippen LogP) is 1.94. The Morgan fingerprint density at radius 2 is 2.12 bits per heavy atom. The van der Waals surface area contributed by atoms with Crippen LogP contribution in [0.2, 0.25) is 0 Å². The molecular formula is C8H9F3N4O2. The van der Waals surface area contributed by atoms with Crippen LogP contribution in [-0.4, -0.2) is 22.6 Å². The third-order valence-electron chi connectivity index (χ3n) is 1.79. The third-order valence-corrected chi connectivity index (χ3v) is 1.79. The van der Waals surface area contributed by atoms with Crippen LogP contribution in [-0.2, 0) is 0 Å². The fraction of sp³-hybridized carbons (Fsp3) is 0.375. The number of halogens is 3. The van der Waals surface area contributed by atoms with Crippen LogP contribution in [0.25, 0.3) is 0 Å². The van der Waals surface area contributed by atoms with Gasteiger partial charge in [0.1, 0.15) is 5.82 Å². The molecule has 1 heterocycles. The summed E-state index contributed by atoms with van der Waals surface area (Å²) in [6.45, 7) is -0.499. The van der Waals surface area contributed by atoms with Crippen LogP contribution in [0.1, 0.15) is 6.42 Å². The number of pyridine rings is 1. The monoisotopic (exact) mass is 250 g/mol. The molecule has 0 saturated heterocycles. The lowest BCUT2D eigenvalue weighted by Gasteiger charge is -2.08. The maximum absolute atomic E-state index is 11.9. The highest BCUT2D eigenvalue weighted by atomic mass is 19.4. The van der Waals surface area contributed by atoms with Crippen molar-refractivity contribution in [3.8, 4) is 0 Å². The molecule has 94 valence electrons.